The second-order valence-corrected chi connectivity index (χ2v) is 36.0. The van der Waals surface area contributed by atoms with E-state index < -0.39 is 0 Å². The van der Waals surface area contributed by atoms with Crippen molar-refractivity contribution in [1.29, 1.82) is 0 Å². The molecule has 0 nitrogen and oxygen atoms in total. The highest BCUT2D eigenvalue weighted by Crippen LogP contribution is 2.47. The highest BCUT2D eigenvalue weighted by molar-refractivity contribution is 7.99. The molecule has 4 aliphatic carbocycles. The summed E-state index contributed by atoms with van der Waals surface area (Å²) < 4.78 is 0. The van der Waals surface area contributed by atoms with Gasteiger partial charge in [0.1, 0.15) is 0 Å². The first-order valence-electron chi connectivity index (χ1n) is 33.1. The average molecular weight is 1070 g/mol. The minimum atomic E-state index is 0.464. The molecular weight excluding hydrogens is 937 g/mol. The molecule has 0 radical (unpaired) electrons. The summed E-state index contributed by atoms with van der Waals surface area (Å²) in [5.74, 6) is 22.1. The van der Waals surface area contributed by atoms with Crippen molar-refractivity contribution in [3.8, 4) is 0 Å². The molecule has 0 aliphatic heterocycles. The molecular formula is C70H134S3. The zero-order chi connectivity index (χ0) is 53.7. The first-order chi connectivity index (χ1) is 34.4. The van der Waals surface area contributed by atoms with Gasteiger partial charge in [0.25, 0.3) is 0 Å². The number of hydrogen-bond acceptors (Lipinski definition) is 3. The van der Waals surface area contributed by atoms with Crippen molar-refractivity contribution >= 4 is 35.3 Å². The van der Waals surface area contributed by atoms with Gasteiger partial charge in [0, 0.05) is 0 Å². The van der Waals surface area contributed by atoms with E-state index in [0.29, 0.717) is 21.7 Å². The van der Waals surface area contributed by atoms with Crippen LogP contribution in [0.15, 0.2) is 0 Å². The summed E-state index contributed by atoms with van der Waals surface area (Å²) in [5.41, 5.74) is 1.88. The van der Waals surface area contributed by atoms with Crippen LogP contribution >= 0.6 is 35.3 Å². The summed E-state index contributed by atoms with van der Waals surface area (Å²) in [4.78, 5) is 0. The molecule has 0 aromatic heterocycles. The van der Waals surface area contributed by atoms with Gasteiger partial charge >= 0.3 is 0 Å². The van der Waals surface area contributed by atoms with Crippen molar-refractivity contribution in [3.05, 3.63) is 0 Å². The van der Waals surface area contributed by atoms with Crippen molar-refractivity contribution in [2.45, 2.75) is 303 Å². The Morgan fingerprint density at radius 2 is 0.575 bits per heavy atom. The molecule has 13 unspecified atom stereocenters. The lowest BCUT2D eigenvalue weighted by Crippen LogP contribution is -2.28. The molecule has 4 aliphatic rings. The van der Waals surface area contributed by atoms with E-state index in [9.17, 15) is 0 Å². The Bertz CT molecular complexity index is 1390. The molecule has 4 saturated carbocycles. The minimum Gasteiger partial charge on any atom is -0.162 e. The summed E-state index contributed by atoms with van der Waals surface area (Å²) >= 11 is 7.06. The third-order valence-corrected chi connectivity index (χ3v) is 23.9. The summed E-state index contributed by atoms with van der Waals surface area (Å²) in [7, 11) is 0. The first kappa shape index (κ1) is 66.6. The van der Waals surface area contributed by atoms with E-state index in [-0.39, 0.29) is 0 Å². The molecule has 0 heterocycles. The lowest BCUT2D eigenvalue weighted by atomic mass is 9.67. The van der Waals surface area contributed by atoms with Crippen LogP contribution in [0.4, 0.5) is 0 Å². The smallest absolute Gasteiger partial charge is 0.00648 e. The highest BCUT2D eigenvalue weighted by atomic mass is 32.2. The summed E-state index contributed by atoms with van der Waals surface area (Å²) in [5, 5.41) is 0. The molecule has 73 heavy (non-hydrogen) atoms. The van der Waals surface area contributed by atoms with Gasteiger partial charge in [0.15, 0.2) is 0 Å². The van der Waals surface area contributed by atoms with Crippen molar-refractivity contribution in [2.24, 2.45) is 105 Å². The molecule has 0 bridgehead atoms. The molecule has 0 saturated heterocycles. The van der Waals surface area contributed by atoms with Gasteiger partial charge in [0.2, 0.25) is 0 Å². The Balaban J connectivity index is 1.17. The molecule has 0 N–H and O–H groups in total. The van der Waals surface area contributed by atoms with E-state index in [0.717, 1.165) is 82.9 Å². The highest BCUT2D eigenvalue weighted by Gasteiger charge is 2.35. The van der Waals surface area contributed by atoms with Gasteiger partial charge in [-0.05, 0) is 287 Å². The van der Waals surface area contributed by atoms with Crippen LogP contribution in [0.3, 0.4) is 0 Å². The van der Waals surface area contributed by atoms with E-state index in [1.54, 1.807) is 19.3 Å². The van der Waals surface area contributed by atoms with Gasteiger partial charge < -0.3 is 0 Å². The quantitative estimate of drug-likeness (QED) is 0.0616. The average Bonchev–Trinajstić information content (AvgIpc) is 3.30. The minimum absolute atomic E-state index is 0.464. The second-order valence-electron chi connectivity index (χ2n) is 32.4. The van der Waals surface area contributed by atoms with Crippen LogP contribution in [0.1, 0.15) is 303 Å². The number of hydrogen-bond donors (Lipinski definition) is 0. The Morgan fingerprint density at radius 3 is 0.890 bits per heavy atom. The molecule has 4 rings (SSSR count). The van der Waals surface area contributed by atoms with Crippen LogP contribution in [-0.2, 0) is 0 Å². The van der Waals surface area contributed by atoms with Gasteiger partial charge in [-0.25, -0.2) is 0 Å². The fourth-order valence-corrected chi connectivity index (χ4v) is 18.7. The maximum absolute atomic E-state index is 2.51. The van der Waals surface area contributed by atoms with E-state index in [1.165, 1.54) is 208 Å². The predicted molar refractivity (Wildman–Crippen MR) is 340 cm³/mol. The third-order valence-electron chi connectivity index (χ3n) is 20.8. The molecule has 432 valence electrons. The summed E-state index contributed by atoms with van der Waals surface area (Å²) in [6.07, 6.45) is 44.6. The fourth-order valence-electron chi connectivity index (χ4n) is 15.1. The fraction of sp³-hybridized carbons (Fsp3) is 1.00. The monoisotopic (exact) mass is 1070 g/mol. The molecule has 3 heteroatoms. The lowest BCUT2D eigenvalue weighted by molar-refractivity contribution is 0.131. The van der Waals surface area contributed by atoms with E-state index in [1.807, 2.05) is 0 Å². The van der Waals surface area contributed by atoms with Crippen LogP contribution in [0.2, 0.25) is 0 Å². The molecule has 0 spiro atoms. The van der Waals surface area contributed by atoms with E-state index in [2.05, 4.69) is 146 Å². The Hall–Kier alpha value is 1.05. The second kappa shape index (κ2) is 33.7. The van der Waals surface area contributed by atoms with Crippen molar-refractivity contribution in [3.63, 3.8) is 0 Å². The van der Waals surface area contributed by atoms with Gasteiger partial charge in [-0.15, -0.1) is 0 Å². The lowest BCUT2D eigenvalue weighted by Gasteiger charge is -2.39. The zero-order valence-corrected chi connectivity index (χ0v) is 55.2. The predicted octanol–water partition coefficient (Wildman–Crippen LogP) is 23.8. The Kier molecular flexibility index (Phi) is 30.7. The van der Waals surface area contributed by atoms with E-state index >= 15 is 0 Å². The molecule has 4 fully saturated rings. The van der Waals surface area contributed by atoms with Crippen LogP contribution < -0.4 is 0 Å². The van der Waals surface area contributed by atoms with Crippen molar-refractivity contribution in [2.75, 3.05) is 34.5 Å². The third kappa shape index (κ3) is 28.9. The maximum atomic E-state index is 2.51. The Labute approximate surface area is 474 Å². The maximum Gasteiger partial charge on any atom is -0.00648 e. The molecule has 0 aromatic rings. The van der Waals surface area contributed by atoms with Crippen molar-refractivity contribution in [1.82, 2.24) is 0 Å². The Morgan fingerprint density at radius 1 is 0.315 bits per heavy atom. The number of rotatable bonds is 32. The summed E-state index contributed by atoms with van der Waals surface area (Å²) in [6.45, 7) is 39.5. The van der Waals surface area contributed by atoms with E-state index in [4.69, 9.17) is 0 Å². The van der Waals surface area contributed by atoms with Gasteiger partial charge in [-0.2, -0.15) is 35.3 Å². The topological polar surface area (TPSA) is 0 Å². The van der Waals surface area contributed by atoms with Crippen LogP contribution in [0.25, 0.3) is 0 Å². The van der Waals surface area contributed by atoms with Crippen LogP contribution in [0.5, 0.6) is 0 Å². The van der Waals surface area contributed by atoms with Crippen LogP contribution in [0, 0.1) is 105 Å². The number of thioether (sulfide) groups is 3. The van der Waals surface area contributed by atoms with Gasteiger partial charge in [-0.3, -0.25) is 0 Å². The molecule has 0 amide bonds. The largest absolute Gasteiger partial charge is 0.162 e. The van der Waals surface area contributed by atoms with Crippen LogP contribution in [-0.4, -0.2) is 34.5 Å². The standard InChI is InChI=1S/C70H134S3/c1-17-18-55-20-27-61(63(49-55)24-19-54(4)53(2)3)36-46-71-43-33-57-23-28-62(65(51-57)32-42-70(14,15)16)37-47-72-44-35-58-22-26-60(30-40-68(8,9)10)66(52-58)38-48-73-45-34-56-21-25-59(29-39-67(5,6)7)64(50-56)31-41-69(11,12)13/h53-66H,17-52H2,1-16H3. The molecule has 0 aromatic carbocycles. The zero-order valence-electron chi connectivity index (χ0n) is 52.8. The van der Waals surface area contributed by atoms with Crippen molar-refractivity contribution < 1.29 is 0 Å². The first-order valence-corrected chi connectivity index (χ1v) is 36.6. The van der Waals surface area contributed by atoms with Gasteiger partial charge in [-0.1, -0.05) is 156 Å². The van der Waals surface area contributed by atoms with Gasteiger partial charge in [0.05, 0.1) is 0 Å². The molecule has 13 atom stereocenters. The SMILES string of the molecule is CCCC1CCC(CCSCCC2CCC(CCSCCC3CCC(CCC(C)(C)C)C(CCSCCC4CCC(CCC(C)(C)C)C(CCC(C)(C)C)C4)C3)C(CCC(C)(C)C)C2)C(CCC(C)C(C)C)C1. The normalized spacial score (nSPS) is 30.5. The summed E-state index contributed by atoms with van der Waals surface area (Å²) in [6, 6.07) is 0.